The Bertz CT molecular complexity index is 333. The average molecular weight is 247 g/mol. The molecular formula is C10H15ClN2OS. The van der Waals surface area contributed by atoms with Gasteiger partial charge in [-0.1, -0.05) is 37.2 Å². The van der Waals surface area contributed by atoms with Gasteiger partial charge in [-0.05, 0) is 19.1 Å². The van der Waals surface area contributed by atoms with Gasteiger partial charge in [-0.3, -0.25) is 0 Å². The third-order valence-electron chi connectivity index (χ3n) is 2.08. The highest BCUT2D eigenvalue weighted by Crippen LogP contribution is 2.20. The molecule has 0 bridgehead atoms. The molecule has 1 heterocycles. The zero-order valence-corrected chi connectivity index (χ0v) is 10.9. The van der Waals surface area contributed by atoms with Crippen LogP contribution in [0, 0.1) is 5.92 Å². The molecule has 1 aromatic rings. The van der Waals surface area contributed by atoms with Crippen LogP contribution < -0.4 is 4.74 Å². The zero-order valence-electron chi connectivity index (χ0n) is 9.32. The molecule has 1 rings (SSSR count). The standard InChI is InChI=1S/C10H15ClN2OS/c1-6(2)7(3)14-9-5-8(11)12-10(13-9)15-4/h5-7H,1-4H3. The first-order valence-corrected chi connectivity index (χ1v) is 6.38. The molecule has 0 N–H and O–H groups in total. The number of aromatic nitrogens is 2. The molecule has 0 aliphatic heterocycles. The van der Waals surface area contributed by atoms with E-state index in [9.17, 15) is 0 Å². The SMILES string of the molecule is CSc1nc(Cl)cc(OC(C)C(C)C)n1. The molecule has 0 spiro atoms. The predicted molar refractivity (Wildman–Crippen MR) is 63.8 cm³/mol. The molecule has 15 heavy (non-hydrogen) atoms. The maximum atomic E-state index is 5.85. The Morgan fingerprint density at radius 3 is 2.53 bits per heavy atom. The Hall–Kier alpha value is -0.480. The number of hydrogen-bond donors (Lipinski definition) is 0. The van der Waals surface area contributed by atoms with Crippen LogP contribution in [0.3, 0.4) is 0 Å². The fourth-order valence-corrected chi connectivity index (χ4v) is 1.45. The lowest BCUT2D eigenvalue weighted by atomic mass is 10.1. The van der Waals surface area contributed by atoms with Crippen LogP contribution in [0.1, 0.15) is 20.8 Å². The van der Waals surface area contributed by atoms with E-state index in [0.717, 1.165) is 0 Å². The molecule has 0 aliphatic rings. The summed E-state index contributed by atoms with van der Waals surface area (Å²) in [6.07, 6.45) is 2.02. The number of nitrogens with zero attached hydrogens (tertiary/aromatic N) is 2. The first-order chi connectivity index (χ1) is 7.02. The zero-order chi connectivity index (χ0) is 11.4. The predicted octanol–water partition coefficient (Wildman–Crippen LogP) is 3.28. The minimum absolute atomic E-state index is 0.116. The Kier molecular flexibility index (Phi) is 4.67. The van der Waals surface area contributed by atoms with Crippen molar-refractivity contribution in [2.24, 2.45) is 5.92 Å². The van der Waals surface area contributed by atoms with E-state index in [4.69, 9.17) is 16.3 Å². The minimum Gasteiger partial charge on any atom is -0.474 e. The first kappa shape index (κ1) is 12.6. The summed E-state index contributed by atoms with van der Waals surface area (Å²) in [6.45, 7) is 6.21. The molecule has 0 fully saturated rings. The largest absolute Gasteiger partial charge is 0.474 e. The lowest BCUT2D eigenvalue weighted by Crippen LogP contribution is -2.19. The van der Waals surface area contributed by atoms with Gasteiger partial charge in [0.25, 0.3) is 0 Å². The van der Waals surface area contributed by atoms with E-state index >= 15 is 0 Å². The van der Waals surface area contributed by atoms with Crippen molar-refractivity contribution in [3.05, 3.63) is 11.2 Å². The monoisotopic (exact) mass is 246 g/mol. The molecule has 3 nitrogen and oxygen atoms in total. The summed E-state index contributed by atoms with van der Waals surface area (Å²) < 4.78 is 5.65. The average Bonchev–Trinajstić information content (AvgIpc) is 2.16. The maximum absolute atomic E-state index is 5.85. The van der Waals surface area contributed by atoms with E-state index < -0.39 is 0 Å². The Labute approximate surface area is 99.6 Å². The van der Waals surface area contributed by atoms with Crippen LogP contribution in [0.2, 0.25) is 5.15 Å². The van der Waals surface area contributed by atoms with E-state index in [1.165, 1.54) is 11.8 Å². The van der Waals surface area contributed by atoms with Gasteiger partial charge in [0.1, 0.15) is 5.15 Å². The highest BCUT2D eigenvalue weighted by Gasteiger charge is 2.11. The van der Waals surface area contributed by atoms with Crippen molar-refractivity contribution in [1.82, 2.24) is 9.97 Å². The Morgan fingerprint density at radius 1 is 1.33 bits per heavy atom. The van der Waals surface area contributed by atoms with Crippen molar-refractivity contribution in [1.29, 1.82) is 0 Å². The van der Waals surface area contributed by atoms with Crippen molar-refractivity contribution < 1.29 is 4.74 Å². The highest BCUT2D eigenvalue weighted by atomic mass is 35.5. The number of thioether (sulfide) groups is 1. The van der Waals surface area contributed by atoms with Gasteiger partial charge < -0.3 is 4.74 Å². The van der Waals surface area contributed by atoms with E-state index in [1.54, 1.807) is 6.07 Å². The van der Waals surface area contributed by atoms with Gasteiger partial charge in [0, 0.05) is 6.07 Å². The van der Waals surface area contributed by atoms with E-state index in [0.29, 0.717) is 22.1 Å². The van der Waals surface area contributed by atoms with Gasteiger partial charge in [-0.2, -0.15) is 4.98 Å². The first-order valence-electron chi connectivity index (χ1n) is 4.78. The summed E-state index contributed by atoms with van der Waals surface area (Å²) >= 11 is 7.29. The van der Waals surface area contributed by atoms with Crippen LogP contribution in [0.5, 0.6) is 5.88 Å². The topological polar surface area (TPSA) is 35.0 Å². The van der Waals surface area contributed by atoms with E-state index in [2.05, 4.69) is 23.8 Å². The molecule has 5 heteroatoms. The Balaban J connectivity index is 2.80. The highest BCUT2D eigenvalue weighted by molar-refractivity contribution is 7.98. The van der Waals surface area contributed by atoms with Gasteiger partial charge in [0.2, 0.25) is 5.88 Å². The third kappa shape index (κ3) is 3.87. The van der Waals surface area contributed by atoms with Crippen LogP contribution >= 0.6 is 23.4 Å². The van der Waals surface area contributed by atoms with Crippen LogP contribution in [0.4, 0.5) is 0 Å². The van der Waals surface area contributed by atoms with Crippen LogP contribution in [-0.2, 0) is 0 Å². The van der Waals surface area contributed by atoms with Gasteiger partial charge >= 0.3 is 0 Å². The summed E-state index contributed by atoms with van der Waals surface area (Å²) in [6, 6.07) is 1.64. The van der Waals surface area contributed by atoms with Crippen LogP contribution in [0.25, 0.3) is 0 Å². The van der Waals surface area contributed by atoms with Gasteiger partial charge in [-0.15, -0.1) is 0 Å². The fraction of sp³-hybridized carbons (Fsp3) is 0.600. The molecule has 0 radical (unpaired) electrons. The quantitative estimate of drug-likeness (QED) is 0.464. The summed E-state index contributed by atoms with van der Waals surface area (Å²) in [4.78, 5) is 8.26. The minimum atomic E-state index is 0.116. The van der Waals surface area contributed by atoms with Crippen molar-refractivity contribution >= 4 is 23.4 Å². The molecular weight excluding hydrogens is 232 g/mol. The summed E-state index contributed by atoms with van der Waals surface area (Å²) in [7, 11) is 0. The number of hydrogen-bond acceptors (Lipinski definition) is 4. The van der Waals surface area contributed by atoms with Crippen LogP contribution in [-0.4, -0.2) is 22.3 Å². The lowest BCUT2D eigenvalue weighted by Gasteiger charge is -2.17. The van der Waals surface area contributed by atoms with Gasteiger partial charge in [0.05, 0.1) is 6.10 Å². The molecule has 1 atom stereocenters. The van der Waals surface area contributed by atoms with Gasteiger partial charge in [-0.25, -0.2) is 4.98 Å². The Morgan fingerprint density at radius 2 is 2.00 bits per heavy atom. The van der Waals surface area contributed by atoms with Crippen molar-refractivity contribution in [3.8, 4) is 5.88 Å². The molecule has 84 valence electrons. The van der Waals surface area contributed by atoms with E-state index in [1.807, 2.05) is 13.2 Å². The number of halogens is 1. The second-order valence-corrected chi connectivity index (χ2v) is 4.74. The molecule has 0 aliphatic carbocycles. The lowest BCUT2D eigenvalue weighted by molar-refractivity contribution is 0.162. The molecule has 1 unspecified atom stereocenters. The second-order valence-electron chi connectivity index (χ2n) is 3.58. The van der Waals surface area contributed by atoms with Crippen LogP contribution in [0.15, 0.2) is 11.2 Å². The smallest absolute Gasteiger partial charge is 0.219 e. The van der Waals surface area contributed by atoms with Crippen molar-refractivity contribution in [3.63, 3.8) is 0 Å². The normalized spacial score (nSPS) is 12.9. The molecule has 0 saturated carbocycles. The summed E-state index contributed by atoms with van der Waals surface area (Å²) in [5, 5.41) is 1.05. The summed E-state index contributed by atoms with van der Waals surface area (Å²) in [5.41, 5.74) is 0. The third-order valence-corrected chi connectivity index (χ3v) is 2.82. The molecule has 0 amide bonds. The second kappa shape index (κ2) is 5.56. The van der Waals surface area contributed by atoms with E-state index in [-0.39, 0.29) is 6.10 Å². The maximum Gasteiger partial charge on any atom is 0.219 e. The van der Waals surface area contributed by atoms with Gasteiger partial charge in [0.15, 0.2) is 5.16 Å². The molecule has 1 aromatic heterocycles. The number of rotatable bonds is 4. The molecule has 0 saturated heterocycles. The number of ether oxygens (including phenoxy) is 1. The van der Waals surface area contributed by atoms with Crippen molar-refractivity contribution in [2.75, 3.05) is 6.26 Å². The summed E-state index contributed by atoms with van der Waals surface area (Å²) in [5.74, 6) is 0.983. The fourth-order valence-electron chi connectivity index (χ4n) is 0.855. The molecule has 0 aromatic carbocycles. The van der Waals surface area contributed by atoms with Crippen molar-refractivity contribution in [2.45, 2.75) is 32.0 Å².